The fourth-order valence-corrected chi connectivity index (χ4v) is 0.847. The van der Waals surface area contributed by atoms with E-state index in [1.54, 1.807) is 56.4 Å². The van der Waals surface area contributed by atoms with E-state index in [1.165, 1.54) is 33.0 Å². The number of hydrogen-bond acceptors (Lipinski definition) is 4. The van der Waals surface area contributed by atoms with Crippen LogP contribution in [0.15, 0.2) is 0 Å². The molecule has 0 spiro atoms. The molecule has 0 aromatic heterocycles. The van der Waals surface area contributed by atoms with E-state index in [-0.39, 0.29) is 11.9 Å². The van der Waals surface area contributed by atoms with Crippen molar-refractivity contribution in [1.82, 2.24) is 19.0 Å². The molecule has 0 saturated carbocycles. The van der Waals surface area contributed by atoms with Crippen molar-refractivity contribution in [3.63, 3.8) is 0 Å². The van der Waals surface area contributed by atoms with Gasteiger partial charge in [-0.25, -0.2) is 13.3 Å². The molecule has 0 bridgehead atoms. The second kappa shape index (κ2) is 13.8. The summed E-state index contributed by atoms with van der Waals surface area (Å²) in [6.07, 6.45) is 0. The van der Waals surface area contributed by atoms with E-state index in [4.69, 9.17) is 0 Å². The van der Waals surface area contributed by atoms with Gasteiger partial charge in [0.25, 0.3) is 0 Å². The minimum atomic E-state index is -1.25. The summed E-state index contributed by atoms with van der Waals surface area (Å²) in [4.78, 5) is 25.3. The molecule has 0 aromatic carbocycles. The molecule has 0 N–H and O–H groups in total. The lowest BCUT2D eigenvalue weighted by Crippen LogP contribution is -2.33. The molecule has 0 aliphatic carbocycles. The highest BCUT2D eigenvalue weighted by molar-refractivity contribution is 7.77. The van der Waals surface area contributed by atoms with Gasteiger partial charge in [0, 0.05) is 63.3 Å². The molecule has 0 heterocycles. The van der Waals surface area contributed by atoms with Gasteiger partial charge in [-0.15, -0.1) is 0 Å². The topological polar surface area (TPSA) is 73.4 Å². The van der Waals surface area contributed by atoms with Gasteiger partial charge in [0.2, 0.25) is 17.2 Å². The second-order valence-corrected chi connectivity index (χ2v) is 6.18. The monoisotopic (exact) mass is 326 g/mol. The first kappa shape index (κ1) is 24.8. The van der Waals surface area contributed by atoms with Crippen LogP contribution in [0.1, 0.15) is 6.92 Å². The van der Waals surface area contributed by atoms with E-state index in [9.17, 15) is 13.8 Å². The number of amides is 3. The Hall–Kier alpha value is -1.19. The molecule has 1 unspecified atom stereocenters. The molecule has 0 aromatic rings. The third-order valence-corrected chi connectivity index (χ3v) is 2.72. The van der Waals surface area contributed by atoms with E-state index in [2.05, 4.69) is 4.18 Å². The average molecular weight is 326 g/mol. The van der Waals surface area contributed by atoms with Gasteiger partial charge in [0.1, 0.15) is 0 Å². The molecule has 0 aliphatic rings. The number of rotatable bonds is 2. The highest BCUT2D eigenvalue weighted by Gasteiger charge is 2.02. The second-order valence-electron chi connectivity index (χ2n) is 4.68. The Morgan fingerprint density at radius 3 is 1.10 bits per heavy atom. The van der Waals surface area contributed by atoms with Crippen molar-refractivity contribution in [2.75, 3.05) is 63.5 Å². The molecule has 0 aliphatic heterocycles. The molecule has 128 valence electrons. The van der Waals surface area contributed by atoms with Gasteiger partial charge in [-0.3, -0.25) is 8.98 Å². The van der Waals surface area contributed by atoms with Gasteiger partial charge in [-0.2, -0.15) is 0 Å². The Morgan fingerprint density at radius 1 is 0.810 bits per heavy atom. The van der Waals surface area contributed by atoms with E-state index in [0.29, 0.717) is 0 Å². The summed E-state index contributed by atoms with van der Waals surface area (Å²) in [6, 6.07) is 0.0185. The van der Waals surface area contributed by atoms with Crippen molar-refractivity contribution < 1.29 is 18.0 Å². The fourth-order valence-electron chi connectivity index (χ4n) is 0.549. The van der Waals surface area contributed by atoms with Crippen molar-refractivity contribution in [3.8, 4) is 0 Å². The number of carbonyl (C=O) groups is 2. The minimum absolute atomic E-state index is 0.0185. The maximum Gasteiger partial charge on any atom is 0.318 e. The summed E-state index contributed by atoms with van der Waals surface area (Å²) < 4.78 is 16.2. The quantitative estimate of drug-likeness (QED) is 0.721. The third-order valence-electron chi connectivity index (χ3n) is 1.84. The Bertz CT molecular complexity index is 310. The summed E-state index contributed by atoms with van der Waals surface area (Å²) in [5.41, 5.74) is 0. The molecule has 21 heavy (non-hydrogen) atoms. The predicted octanol–water partition coefficient (Wildman–Crippen LogP) is 0.0972. The standard InChI is InChI=1S/C5H12N2O.C4H9NO.C3H9NO2S/c1-6(2)5(8)7(3)4;1-4(6)5(2)3;1-4(2)7(5)6-3/h1-4H3;1-3H3;1-3H3. The normalized spacial score (nSPS) is 10.4. The average Bonchev–Trinajstić information content (AvgIpc) is 2.37. The number of carbonyl (C=O) groups excluding carboxylic acids is 2. The van der Waals surface area contributed by atoms with Crippen LogP contribution in [0.3, 0.4) is 0 Å². The zero-order valence-corrected chi connectivity index (χ0v) is 15.6. The molecule has 9 heteroatoms. The minimum Gasteiger partial charge on any atom is -0.349 e. The van der Waals surface area contributed by atoms with Gasteiger partial charge >= 0.3 is 6.03 Å². The molecule has 3 amide bonds. The molecule has 0 radical (unpaired) electrons. The van der Waals surface area contributed by atoms with Crippen molar-refractivity contribution in [1.29, 1.82) is 0 Å². The molecule has 0 saturated heterocycles. The lowest BCUT2D eigenvalue weighted by molar-refractivity contribution is -0.126. The number of hydrogen-bond donors (Lipinski definition) is 0. The number of nitrogens with zero attached hydrogens (tertiary/aromatic N) is 4. The summed E-state index contributed by atoms with van der Waals surface area (Å²) in [5.74, 6) is 0.0926. The van der Waals surface area contributed by atoms with Gasteiger partial charge in [-0.05, 0) is 0 Å². The first-order chi connectivity index (χ1) is 9.38. The Kier molecular flexibility index (Phi) is 16.3. The van der Waals surface area contributed by atoms with Crippen LogP contribution in [0.4, 0.5) is 4.79 Å². The van der Waals surface area contributed by atoms with E-state index in [1.807, 2.05) is 0 Å². The molecular formula is C12H30N4O4S. The van der Waals surface area contributed by atoms with Crippen LogP contribution in [-0.4, -0.2) is 98.6 Å². The highest BCUT2D eigenvalue weighted by Crippen LogP contribution is 1.83. The summed E-state index contributed by atoms with van der Waals surface area (Å²) in [6.45, 7) is 1.53. The van der Waals surface area contributed by atoms with Crippen LogP contribution < -0.4 is 0 Å². The van der Waals surface area contributed by atoms with E-state index >= 15 is 0 Å². The zero-order valence-electron chi connectivity index (χ0n) is 14.8. The summed E-state index contributed by atoms with van der Waals surface area (Å²) in [5, 5.41) is 0. The number of urea groups is 1. The van der Waals surface area contributed by atoms with Crippen molar-refractivity contribution in [2.24, 2.45) is 0 Å². The van der Waals surface area contributed by atoms with Crippen LogP contribution in [0, 0.1) is 0 Å². The maximum absolute atomic E-state index is 10.7. The fraction of sp³-hybridized carbons (Fsp3) is 0.833. The molecule has 8 nitrogen and oxygen atoms in total. The Labute approximate surface area is 131 Å². The summed E-state index contributed by atoms with van der Waals surface area (Å²) >= 11 is -1.25. The van der Waals surface area contributed by atoms with Crippen LogP contribution in [-0.2, 0) is 20.2 Å². The molecular weight excluding hydrogens is 296 g/mol. The van der Waals surface area contributed by atoms with Crippen LogP contribution in [0.2, 0.25) is 0 Å². The Balaban J connectivity index is -0.000000234. The summed E-state index contributed by atoms with van der Waals surface area (Å²) in [7, 11) is 15.1. The van der Waals surface area contributed by atoms with Gasteiger partial charge in [0.05, 0.1) is 7.11 Å². The smallest absolute Gasteiger partial charge is 0.318 e. The SMILES string of the molecule is CC(=O)N(C)C.CN(C)C(=O)N(C)C.COS(=O)N(C)C. The molecule has 0 rings (SSSR count). The molecule has 0 fully saturated rings. The maximum atomic E-state index is 10.7. The van der Waals surface area contributed by atoms with E-state index in [0.717, 1.165) is 0 Å². The largest absolute Gasteiger partial charge is 0.349 e. The van der Waals surface area contributed by atoms with Gasteiger partial charge in [-0.1, -0.05) is 0 Å². The first-order valence-corrected chi connectivity index (χ1v) is 7.11. The first-order valence-electron chi connectivity index (χ1n) is 6.08. The zero-order chi connectivity index (χ0) is 17.7. The predicted molar refractivity (Wildman–Crippen MR) is 86.0 cm³/mol. The van der Waals surface area contributed by atoms with Gasteiger partial charge < -0.3 is 14.7 Å². The van der Waals surface area contributed by atoms with Gasteiger partial charge in [0.15, 0.2) is 0 Å². The molecule has 1 atom stereocenters. The highest BCUT2D eigenvalue weighted by atomic mass is 32.2. The van der Waals surface area contributed by atoms with Crippen molar-refractivity contribution in [3.05, 3.63) is 0 Å². The van der Waals surface area contributed by atoms with Crippen LogP contribution in [0.5, 0.6) is 0 Å². The van der Waals surface area contributed by atoms with Crippen molar-refractivity contribution >= 4 is 23.2 Å². The lowest BCUT2D eigenvalue weighted by atomic mass is 10.7. The third kappa shape index (κ3) is 18.8. The van der Waals surface area contributed by atoms with Crippen molar-refractivity contribution in [2.45, 2.75) is 6.92 Å². The lowest BCUT2D eigenvalue weighted by Gasteiger charge is -2.16. The van der Waals surface area contributed by atoms with Crippen LogP contribution in [0.25, 0.3) is 0 Å². The van der Waals surface area contributed by atoms with E-state index < -0.39 is 11.3 Å². The van der Waals surface area contributed by atoms with Crippen LogP contribution >= 0.6 is 0 Å². The Morgan fingerprint density at radius 2 is 1.10 bits per heavy atom.